The number of carboxylic acids is 1. The minimum atomic E-state index is -0.778. The molecule has 1 N–H and O–H groups in total. The maximum absolute atomic E-state index is 11.0. The molecular weight excluding hydrogens is 329 g/mol. The molecule has 1 aromatic carbocycles. The van der Waals surface area contributed by atoms with Gasteiger partial charge in [0.05, 0.1) is 0 Å². The maximum atomic E-state index is 11.0. The van der Waals surface area contributed by atoms with E-state index in [0.717, 1.165) is 5.69 Å². The van der Waals surface area contributed by atoms with Crippen LogP contribution in [0.15, 0.2) is 18.2 Å². The molecule has 1 heterocycles. The highest BCUT2D eigenvalue weighted by Crippen LogP contribution is 2.46. The van der Waals surface area contributed by atoms with Crippen LogP contribution in [0.5, 0.6) is 0 Å². The molecule has 1 unspecified atom stereocenters. The Morgan fingerprint density at radius 2 is 2.18 bits per heavy atom. The van der Waals surface area contributed by atoms with E-state index in [2.05, 4.69) is 49.4 Å². The second-order valence-electron chi connectivity index (χ2n) is 5.05. The highest BCUT2D eigenvalue weighted by atomic mass is 127. The number of rotatable bonds is 2. The van der Waals surface area contributed by atoms with Crippen molar-refractivity contribution in [3.05, 3.63) is 27.3 Å². The van der Waals surface area contributed by atoms with Gasteiger partial charge in [-0.3, -0.25) is 4.79 Å². The summed E-state index contributed by atoms with van der Waals surface area (Å²) in [6, 6.07) is 6.29. The Kier molecular flexibility index (Phi) is 3.10. The summed E-state index contributed by atoms with van der Waals surface area (Å²) in [6.07, 6.45) is 0. The molecule has 0 spiro atoms. The summed E-state index contributed by atoms with van der Waals surface area (Å²) in [7, 11) is 0. The molecule has 1 aliphatic rings. The number of anilines is 1. The summed E-state index contributed by atoms with van der Waals surface area (Å²) < 4.78 is 1.21. The SMILES string of the molecule is CC1N(CC(=O)O)c2cccc(I)c2C1(C)C. The number of carbonyl (C=O) groups is 1. The number of halogens is 1. The standard InChI is InChI=1S/C13H16INO2/c1-8-13(2,3)12-9(14)5-4-6-10(12)15(8)7-11(16)17/h4-6,8H,7H2,1-3H3,(H,16,17). The number of fused-ring (bicyclic) bond motifs is 1. The quantitative estimate of drug-likeness (QED) is 0.838. The molecule has 0 saturated heterocycles. The van der Waals surface area contributed by atoms with E-state index in [9.17, 15) is 4.79 Å². The first kappa shape index (κ1) is 12.7. The minimum Gasteiger partial charge on any atom is -0.480 e. The van der Waals surface area contributed by atoms with Crippen molar-refractivity contribution in [1.82, 2.24) is 0 Å². The fourth-order valence-electron chi connectivity index (χ4n) is 2.56. The van der Waals surface area contributed by atoms with Crippen LogP contribution in [0, 0.1) is 3.57 Å². The van der Waals surface area contributed by atoms with Crippen LogP contribution in [0.25, 0.3) is 0 Å². The van der Waals surface area contributed by atoms with Crippen molar-refractivity contribution < 1.29 is 9.90 Å². The van der Waals surface area contributed by atoms with Crippen molar-refractivity contribution in [2.45, 2.75) is 32.2 Å². The smallest absolute Gasteiger partial charge is 0.323 e. The van der Waals surface area contributed by atoms with Gasteiger partial charge in [-0.25, -0.2) is 0 Å². The third-order valence-electron chi connectivity index (χ3n) is 3.76. The Morgan fingerprint density at radius 1 is 1.53 bits per heavy atom. The summed E-state index contributed by atoms with van der Waals surface area (Å²) in [6.45, 7) is 6.53. The lowest BCUT2D eigenvalue weighted by Gasteiger charge is -2.30. The van der Waals surface area contributed by atoms with Gasteiger partial charge in [0.25, 0.3) is 0 Å². The van der Waals surface area contributed by atoms with Crippen molar-refractivity contribution in [2.75, 3.05) is 11.4 Å². The van der Waals surface area contributed by atoms with Gasteiger partial charge in [0.1, 0.15) is 6.54 Å². The molecule has 0 bridgehead atoms. The summed E-state index contributed by atoms with van der Waals surface area (Å²) in [5.41, 5.74) is 2.33. The zero-order chi connectivity index (χ0) is 12.8. The summed E-state index contributed by atoms with van der Waals surface area (Å²) >= 11 is 2.33. The van der Waals surface area contributed by atoms with Crippen LogP contribution in [0.2, 0.25) is 0 Å². The fourth-order valence-corrected chi connectivity index (χ4v) is 3.74. The lowest BCUT2D eigenvalue weighted by Crippen LogP contribution is -2.41. The van der Waals surface area contributed by atoms with Gasteiger partial charge in [0.15, 0.2) is 0 Å². The molecule has 1 aromatic rings. The van der Waals surface area contributed by atoms with Crippen molar-refractivity contribution in [3.8, 4) is 0 Å². The number of aliphatic carboxylic acids is 1. The number of hydrogen-bond donors (Lipinski definition) is 1. The lowest BCUT2D eigenvalue weighted by molar-refractivity contribution is -0.135. The van der Waals surface area contributed by atoms with Crippen molar-refractivity contribution in [3.63, 3.8) is 0 Å². The topological polar surface area (TPSA) is 40.5 Å². The zero-order valence-electron chi connectivity index (χ0n) is 10.2. The van der Waals surface area contributed by atoms with Gasteiger partial charge >= 0.3 is 5.97 Å². The Balaban J connectivity index is 2.55. The third-order valence-corrected chi connectivity index (χ3v) is 4.66. The van der Waals surface area contributed by atoms with E-state index < -0.39 is 5.97 Å². The van der Waals surface area contributed by atoms with E-state index in [1.807, 2.05) is 17.0 Å². The Bertz CT molecular complexity index is 470. The second kappa shape index (κ2) is 4.15. The molecule has 2 rings (SSSR count). The first-order valence-electron chi connectivity index (χ1n) is 5.63. The number of nitrogens with zero attached hydrogens (tertiary/aromatic N) is 1. The molecule has 0 radical (unpaired) electrons. The van der Waals surface area contributed by atoms with E-state index in [4.69, 9.17) is 5.11 Å². The molecule has 0 fully saturated rings. The normalized spacial score (nSPS) is 21.4. The summed E-state index contributed by atoms with van der Waals surface area (Å²) in [4.78, 5) is 12.9. The Hall–Kier alpha value is -0.780. The zero-order valence-corrected chi connectivity index (χ0v) is 12.4. The molecular formula is C13H16INO2. The van der Waals surface area contributed by atoms with Gasteiger partial charge in [-0.05, 0) is 47.2 Å². The molecule has 0 aliphatic carbocycles. The maximum Gasteiger partial charge on any atom is 0.323 e. The van der Waals surface area contributed by atoms with Gasteiger partial charge in [0, 0.05) is 20.7 Å². The molecule has 4 heteroatoms. The van der Waals surface area contributed by atoms with Crippen LogP contribution in [0.3, 0.4) is 0 Å². The lowest BCUT2D eigenvalue weighted by atomic mass is 9.81. The fraction of sp³-hybridized carbons (Fsp3) is 0.462. The van der Waals surface area contributed by atoms with Gasteiger partial charge in [-0.2, -0.15) is 0 Å². The predicted octanol–water partition coefficient (Wildman–Crippen LogP) is 2.86. The van der Waals surface area contributed by atoms with Gasteiger partial charge in [0.2, 0.25) is 0 Å². The average Bonchev–Trinajstić information content (AvgIpc) is 2.40. The molecule has 3 nitrogen and oxygen atoms in total. The van der Waals surface area contributed by atoms with Gasteiger partial charge in [-0.15, -0.1) is 0 Å². The van der Waals surface area contributed by atoms with E-state index in [0.29, 0.717) is 0 Å². The van der Waals surface area contributed by atoms with Gasteiger partial charge in [-0.1, -0.05) is 19.9 Å². The third kappa shape index (κ3) is 1.92. The van der Waals surface area contributed by atoms with Crippen molar-refractivity contribution in [2.24, 2.45) is 0 Å². The summed E-state index contributed by atoms with van der Waals surface area (Å²) in [5.74, 6) is -0.778. The predicted molar refractivity (Wildman–Crippen MR) is 76.6 cm³/mol. The minimum absolute atomic E-state index is 0.0113. The average molecular weight is 345 g/mol. The van der Waals surface area contributed by atoms with Crippen molar-refractivity contribution >= 4 is 34.2 Å². The van der Waals surface area contributed by atoms with Crippen LogP contribution in [-0.4, -0.2) is 23.7 Å². The Labute approximate surface area is 115 Å². The highest BCUT2D eigenvalue weighted by Gasteiger charge is 2.43. The van der Waals surface area contributed by atoms with E-state index in [1.165, 1.54) is 9.13 Å². The van der Waals surface area contributed by atoms with Crippen LogP contribution < -0.4 is 4.90 Å². The molecule has 0 aromatic heterocycles. The molecule has 1 aliphatic heterocycles. The van der Waals surface area contributed by atoms with E-state index >= 15 is 0 Å². The largest absolute Gasteiger partial charge is 0.480 e. The molecule has 0 saturated carbocycles. The Morgan fingerprint density at radius 3 is 2.76 bits per heavy atom. The number of carboxylic acid groups (broad SMARTS) is 1. The second-order valence-corrected chi connectivity index (χ2v) is 6.22. The van der Waals surface area contributed by atoms with Gasteiger partial charge < -0.3 is 10.0 Å². The van der Waals surface area contributed by atoms with Crippen LogP contribution in [0.1, 0.15) is 26.3 Å². The van der Waals surface area contributed by atoms with Crippen LogP contribution >= 0.6 is 22.6 Å². The summed E-state index contributed by atoms with van der Waals surface area (Å²) in [5, 5.41) is 9.01. The molecule has 0 amide bonds. The van der Waals surface area contributed by atoms with Crippen LogP contribution in [-0.2, 0) is 10.2 Å². The van der Waals surface area contributed by atoms with E-state index in [1.54, 1.807) is 0 Å². The number of benzene rings is 1. The van der Waals surface area contributed by atoms with E-state index in [-0.39, 0.29) is 18.0 Å². The molecule has 92 valence electrons. The number of hydrogen-bond acceptors (Lipinski definition) is 2. The monoisotopic (exact) mass is 345 g/mol. The first-order chi connectivity index (χ1) is 7.85. The van der Waals surface area contributed by atoms with Crippen molar-refractivity contribution in [1.29, 1.82) is 0 Å². The highest BCUT2D eigenvalue weighted by molar-refractivity contribution is 14.1. The van der Waals surface area contributed by atoms with Crippen LogP contribution in [0.4, 0.5) is 5.69 Å². The molecule has 1 atom stereocenters. The molecule has 17 heavy (non-hydrogen) atoms. The first-order valence-corrected chi connectivity index (χ1v) is 6.71.